The molecule has 1 fully saturated rings. The molecule has 1 aliphatic heterocycles. The Labute approximate surface area is 211 Å². The van der Waals surface area contributed by atoms with Crippen LogP contribution >= 0.6 is 18.9 Å². The third-order valence-corrected chi connectivity index (χ3v) is 7.16. The lowest BCUT2D eigenvalue weighted by Crippen LogP contribution is -2.56. The number of rotatable bonds is 9. The van der Waals surface area contributed by atoms with E-state index in [4.69, 9.17) is 4.74 Å². The summed E-state index contributed by atoms with van der Waals surface area (Å²) in [5.41, 5.74) is 0.553. The van der Waals surface area contributed by atoms with Crippen molar-refractivity contribution in [3.63, 3.8) is 0 Å². The van der Waals surface area contributed by atoms with Crippen LogP contribution in [0.15, 0.2) is 29.6 Å². The molecule has 196 valence electrons. The lowest BCUT2D eigenvalue weighted by atomic mass is 10.2. The third-order valence-electron chi connectivity index (χ3n) is 5.42. The second kappa shape index (κ2) is 12.4. The van der Waals surface area contributed by atoms with Crippen molar-refractivity contribution in [2.75, 3.05) is 38.9 Å². The second-order valence-corrected chi connectivity index (χ2v) is 10.8. The molecule has 1 aliphatic rings. The quantitative estimate of drug-likeness (QED) is 0.323. The molecule has 2 heterocycles. The molecule has 3 N–H and O–H groups in total. The minimum absolute atomic E-state index is 0.0394. The molecule has 11 nitrogen and oxygen atoms in total. The van der Waals surface area contributed by atoms with Crippen molar-refractivity contribution in [3.05, 3.63) is 41.2 Å². The van der Waals surface area contributed by atoms with Gasteiger partial charge in [-0.3, -0.25) is 14.2 Å². The summed E-state index contributed by atoms with van der Waals surface area (Å²) < 4.78 is 30.0. The molecular weight excluding hydrogens is 514 g/mol. The van der Waals surface area contributed by atoms with Crippen molar-refractivity contribution in [2.45, 2.75) is 25.8 Å². The van der Waals surface area contributed by atoms with Gasteiger partial charge in [0.2, 0.25) is 5.91 Å². The molecular formula is C22H28FN4O7PS. The number of benzene rings is 1. The van der Waals surface area contributed by atoms with Crippen LogP contribution in [0.4, 0.5) is 9.18 Å². The first-order chi connectivity index (χ1) is 17.1. The predicted octanol–water partition coefficient (Wildman–Crippen LogP) is 2.31. The number of thiazole rings is 1. The zero-order valence-corrected chi connectivity index (χ0v) is 21.3. The van der Waals surface area contributed by atoms with E-state index in [1.165, 1.54) is 39.4 Å². The summed E-state index contributed by atoms with van der Waals surface area (Å²) in [6, 6.07) is 4.05. The Morgan fingerprint density at radius 1 is 1.17 bits per heavy atom. The molecule has 0 bridgehead atoms. The van der Waals surface area contributed by atoms with Crippen molar-refractivity contribution in [3.8, 4) is 10.6 Å². The summed E-state index contributed by atoms with van der Waals surface area (Å²) in [4.78, 5) is 63.9. The number of carbonyl (C=O) groups excluding carboxylic acids is 3. The van der Waals surface area contributed by atoms with Crippen LogP contribution in [0.3, 0.4) is 0 Å². The van der Waals surface area contributed by atoms with Gasteiger partial charge in [-0.2, -0.15) is 0 Å². The lowest BCUT2D eigenvalue weighted by molar-refractivity contribution is -0.134. The maximum absolute atomic E-state index is 13.2. The average Bonchev–Trinajstić information content (AvgIpc) is 3.33. The largest absolute Gasteiger partial charge is 0.449 e. The van der Waals surface area contributed by atoms with Crippen LogP contribution in [-0.2, 0) is 14.1 Å². The van der Waals surface area contributed by atoms with E-state index in [0.29, 0.717) is 17.2 Å². The minimum atomic E-state index is -4.67. The number of hydrogen-bond donors (Lipinski definition) is 3. The number of nitrogens with zero attached hydrogens (tertiary/aromatic N) is 3. The Bertz CT molecular complexity index is 1120. The first kappa shape index (κ1) is 27.7. The molecule has 1 atom stereocenters. The molecule has 2 aromatic rings. The smallest absolute Gasteiger partial charge is 0.409 e. The topological polar surface area (TPSA) is 149 Å². The highest BCUT2D eigenvalue weighted by molar-refractivity contribution is 7.51. The summed E-state index contributed by atoms with van der Waals surface area (Å²) in [6.07, 6.45) is 0.275. The van der Waals surface area contributed by atoms with Gasteiger partial charge < -0.3 is 29.6 Å². The van der Waals surface area contributed by atoms with E-state index in [-0.39, 0.29) is 31.9 Å². The van der Waals surface area contributed by atoms with E-state index >= 15 is 0 Å². The molecule has 1 aromatic heterocycles. The Morgan fingerprint density at radius 3 is 2.42 bits per heavy atom. The molecule has 0 saturated carbocycles. The highest BCUT2D eigenvalue weighted by Crippen LogP contribution is 2.35. The lowest BCUT2D eigenvalue weighted by Gasteiger charge is -2.36. The van der Waals surface area contributed by atoms with E-state index in [0.717, 1.165) is 24.2 Å². The number of hydrogen-bond acceptors (Lipinski definition) is 7. The van der Waals surface area contributed by atoms with Crippen molar-refractivity contribution in [2.24, 2.45) is 0 Å². The van der Waals surface area contributed by atoms with E-state index in [2.05, 4.69) is 10.3 Å². The molecule has 3 amide bonds. The number of aromatic nitrogens is 1. The summed E-state index contributed by atoms with van der Waals surface area (Å²) in [7, 11) is -4.67. The normalized spacial score (nSPS) is 14.9. The van der Waals surface area contributed by atoms with Crippen LogP contribution in [0.1, 0.15) is 30.3 Å². The van der Waals surface area contributed by atoms with Crippen LogP contribution in [0.2, 0.25) is 0 Å². The molecule has 14 heteroatoms. The van der Waals surface area contributed by atoms with Gasteiger partial charge in [0, 0.05) is 37.1 Å². The highest BCUT2D eigenvalue weighted by Gasteiger charge is 2.35. The summed E-state index contributed by atoms with van der Waals surface area (Å²) in [6.45, 7) is 2.93. The SMILES string of the molecule is CCCCOC(=O)N1CCN(C(=O)C(CP(=O)(O)O)NC(=O)c2csc(-c3ccc(F)cc3)n2)CC1. The fraction of sp³-hybridized carbons (Fsp3) is 0.455. The number of halogens is 1. The van der Waals surface area contributed by atoms with Gasteiger partial charge in [0.05, 0.1) is 12.8 Å². The molecule has 0 spiro atoms. The number of carbonyl (C=O) groups is 3. The molecule has 0 aliphatic carbocycles. The van der Waals surface area contributed by atoms with Crippen LogP contribution in [0, 0.1) is 5.82 Å². The zero-order valence-electron chi connectivity index (χ0n) is 19.6. The van der Waals surface area contributed by atoms with Gasteiger partial charge in [0.25, 0.3) is 5.91 Å². The second-order valence-electron chi connectivity index (χ2n) is 8.20. The fourth-order valence-electron chi connectivity index (χ4n) is 3.48. The Morgan fingerprint density at radius 2 is 1.81 bits per heavy atom. The number of ether oxygens (including phenoxy) is 1. The zero-order chi connectivity index (χ0) is 26.3. The Kier molecular flexibility index (Phi) is 9.55. The Hall–Kier alpha value is -2.86. The maximum Gasteiger partial charge on any atom is 0.409 e. The van der Waals surface area contributed by atoms with Crippen molar-refractivity contribution in [1.29, 1.82) is 0 Å². The summed E-state index contributed by atoms with van der Waals surface area (Å²) in [5.74, 6) is -1.86. The van der Waals surface area contributed by atoms with Gasteiger partial charge in [0.15, 0.2) is 0 Å². The van der Waals surface area contributed by atoms with Gasteiger partial charge in [-0.15, -0.1) is 11.3 Å². The average molecular weight is 543 g/mol. The number of amides is 3. The standard InChI is InChI=1S/C22H28FN4O7PS/c1-2-3-12-34-22(30)27-10-8-26(9-11-27)21(29)17(13-35(31,32)33)24-19(28)18-14-36-20(25-18)15-4-6-16(23)7-5-15/h4-7,14,17H,2-3,8-13H2,1H3,(H,24,28)(H2,31,32,33). The Balaban J connectivity index is 1.64. The van der Waals surface area contributed by atoms with Crippen LogP contribution in [0.5, 0.6) is 0 Å². The van der Waals surface area contributed by atoms with E-state index in [1.807, 2.05) is 6.92 Å². The third kappa shape index (κ3) is 7.82. The summed E-state index contributed by atoms with van der Waals surface area (Å²) in [5, 5.41) is 4.27. The number of unbranched alkanes of at least 4 members (excludes halogenated alkanes) is 1. The first-order valence-corrected chi connectivity index (χ1v) is 14.0. The molecule has 1 unspecified atom stereocenters. The van der Waals surface area contributed by atoms with Gasteiger partial charge in [-0.1, -0.05) is 13.3 Å². The van der Waals surface area contributed by atoms with Crippen molar-refractivity contribution in [1.82, 2.24) is 20.1 Å². The van der Waals surface area contributed by atoms with Gasteiger partial charge in [0.1, 0.15) is 22.6 Å². The monoisotopic (exact) mass is 542 g/mol. The molecule has 1 saturated heterocycles. The van der Waals surface area contributed by atoms with Gasteiger partial charge in [-0.25, -0.2) is 14.2 Å². The predicted molar refractivity (Wildman–Crippen MR) is 130 cm³/mol. The highest BCUT2D eigenvalue weighted by atomic mass is 32.1. The number of piperazine rings is 1. The van der Waals surface area contributed by atoms with Crippen LogP contribution in [-0.4, -0.2) is 87.5 Å². The van der Waals surface area contributed by atoms with E-state index in [1.54, 1.807) is 0 Å². The van der Waals surface area contributed by atoms with Gasteiger partial charge in [-0.05, 0) is 30.7 Å². The fourth-order valence-corrected chi connectivity index (χ4v) is 5.01. The molecule has 0 radical (unpaired) electrons. The molecule has 3 rings (SSSR count). The molecule has 1 aromatic carbocycles. The minimum Gasteiger partial charge on any atom is -0.449 e. The van der Waals surface area contributed by atoms with Crippen molar-refractivity contribution < 1.29 is 37.9 Å². The molecule has 36 heavy (non-hydrogen) atoms. The number of nitrogens with one attached hydrogen (secondary N) is 1. The van der Waals surface area contributed by atoms with E-state index in [9.17, 15) is 33.1 Å². The van der Waals surface area contributed by atoms with Crippen molar-refractivity contribution >= 4 is 36.8 Å². The van der Waals surface area contributed by atoms with Crippen LogP contribution < -0.4 is 5.32 Å². The van der Waals surface area contributed by atoms with Gasteiger partial charge >= 0.3 is 13.7 Å². The maximum atomic E-state index is 13.2. The van der Waals surface area contributed by atoms with Crippen LogP contribution in [0.25, 0.3) is 10.6 Å². The van der Waals surface area contributed by atoms with E-state index < -0.39 is 43.5 Å². The summed E-state index contributed by atoms with van der Waals surface area (Å²) >= 11 is 1.13. The first-order valence-electron chi connectivity index (χ1n) is 11.3.